The molecule has 2 rings (SSSR count). The van der Waals surface area contributed by atoms with Gasteiger partial charge in [0, 0.05) is 0 Å². The highest BCUT2D eigenvalue weighted by atomic mass is 16.7. The van der Waals surface area contributed by atoms with E-state index in [1.165, 1.54) is 12.2 Å². The number of carbonyl (C=O) groups excluding carboxylic acids is 2. The van der Waals surface area contributed by atoms with Crippen LogP contribution in [0.15, 0.2) is 42.5 Å². The number of hydrogen-bond donors (Lipinski definition) is 0. The SMILES string of the molecule is CCC1OC(OC(=O)c2ccccc2)C=CC1=O. The maximum atomic E-state index is 11.8. The summed E-state index contributed by atoms with van der Waals surface area (Å²) in [7, 11) is 0. The molecule has 2 unspecified atom stereocenters. The summed E-state index contributed by atoms with van der Waals surface area (Å²) in [5, 5.41) is 0. The summed E-state index contributed by atoms with van der Waals surface area (Å²) >= 11 is 0. The van der Waals surface area contributed by atoms with E-state index in [1.54, 1.807) is 24.3 Å². The van der Waals surface area contributed by atoms with Gasteiger partial charge in [-0.25, -0.2) is 4.79 Å². The summed E-state index contributed by atoms with van der Waals surface area (Å²) in [5.41, 5.74) is 0.458. The molecule has 0 amide bonds. The van der Waals surface area contributed by atoms with Crippen molar-refractivity contribution in [1.82, 2.24) is 0 Å². The number of carbonyl (C=O) groups is 2. The van der Waals surface area contributed by atoms with Gasteiger partial charge in [0.05, 0.1) is 5.56 Å². The second kappa shape index (κ2) is 5.60. The number of rotatable bonds is 3. The Bertz CT molecular complexity index is 464. The molecule has 1 aromatic rings. The van der Waals surface area contributed by atoms with Gasteiger partial charge in [-0.2, -0.15) is 0 Å². The number of esters is 1. The molecule has 0 aliphatic carbocycles. The first-order chi connectivity index (χ1) is 8.70. The summed E-state index contributed by atoms with van der Waals surface area (Å²) in [6.45, 7) is 1.85. The molecular formula is C14H14O4. The van der Waals surface area contributed by atoms with Crippen LogP contribution in [-0.4, -0.2) is 24.1 Å². The topological polar surface area (TPSA) is 52.6 Å². The standard InChI is InChI=1S/C14H14O4/c1-2-12-11(15)8-9-13(17-12)18-14(16)10-6-4-3-5-7-10/h3-9,12-13H,2H2,1H3. The van der Waals surface area contributed by atoms with Gasteiger partial charge in [0.25, 0.3) is 0 Å². The molecule has 0 saturated heterocycles. The van der Waals surface area contributed by atoms with E-state index in [0.717, 1.165) is 0 Å². The smallest absolute Gasteiger partial charge is 0.340 e. The number of ether oxygens (including phenoxy) is 2. The largest absolute Gasteiger partial charge is 0.428 e. The second-order valence-corrected chi connectivity index (χ2v) is 3.93. The Kier molecular flexibility index (Phi) is 3.89. The Morgan fingerprint density at radius 2 is 2.06 bits per heavy atom. The molecule has 4 nitrogen and oxygen atoms in total. The fraction of sp³-hybridized carbons (Fsp3) is 0.286. The lowest BCUT2D eigenvalue weighted by Gasteiger charge is -2.23. The quantitative estimate of drug-likeness (QED) is 0.766. The average Bonchev–Trinajstić information content (AvgIpc) is 2.42. The van der Waals surface area contributed by atoms with Gasteiger partial charge >= 0.3 is 5.97 Å². The zero-order chi connectivity index (χ0) is 13.0. The molecule has 0 radical (unpaired) electrons. The fourth-order valence-electron chi connectivity index (χ4n) is 1.67. The molecule has 0 aromatic heterocycles. The number of benzene rings is 1. The van der Waals surface area contributed by atoms with E-state index >= 15 is 0 Å². The van der Waals surface area contributed by atoms with Crippen molar-refractivity contribution in [2.24, 2.45) is 0 Å². The minimum atomic E-state index is -0.791. The van der Waals surface area contributed by atoms with Crippen molar-refractivity contribution >= 4 is 11.8 Å². The fourth-order valence-corrected chi connectivity index (χ4v) is 1.67. The molecule has 0 saturated carbocycles. The molecule has 18 heavy (non-hydrogen) atoms. The van der Waals surface area contributed by atoms with Crippen LogP contribution >= 0.6 is 0 Å². The van der Waals surface area contributed by atoms with Gasteiger partial charge in [0.1, 0.15) is 6.10 Å². The molecular weight excluding hydrogens is 232 g/mol. The van der Waals surface area contributed by atoms with Gasteiger partial charge in [-0.1, -0.05) is 25.1 Å². The van der Waals surface area contributed by atoms with Crippen LogP contribution in [0.2, 0.25) is 0 Å². The third kappa shape index (κ3) is 2.84. The summed E-state index contributed by atoms with van der Waals surface area (Å²) in [6.07, 6.45) is 2.10. The third-order valence-electron chi connectivity index (χ3n) is 2.64. The van der Waals surface area contributed by atoms with Crippen LogP contribution < -0.4 is 0 Å². The molecule has 1 heterocycles. The van der Waals surface area contributed by atoms with Crippen LogP contribution in [0.25, 0.3) is 0 Å². The van der Waals surface area contributed by atoms with Gasteiger partial charge in [-0.3, -0.25) is 4.79 Å². The minimum absolute atomic E-state index is 0.0930. The van der Waals surface area contributed by atoms with Crippen LogP contribution in [-0.2, 0) is 14.3 Å². The monoisotopic (exact) mass is 246 g/mol. The third-order valence-corrected chi connectivity index (χ3v) is 2.64. The van der Waals surface area contributed by atoms with Crippen molar-refractivity contribution < 1.29 is 19.1 Å². The van der Waals surface area contributed by atoms with E-state index in [-0.39, 0.29) is 5.78 Å². The first kappa shape index (κ1) is 12.5. The average molecular weight is 246 g/mol. The summed E-state index contributed by atoms with van der Waals surface area (Å²) < 4.78 is 10.5. The summed E-state index contributed by atoms with van der Waals surface area (Å²) in [5.74, 6) is -0.557. The zero-order valence-electron chi connectivity index (χ0n) is 10.0. The normalized spacial score (nSPS) is 22.8. The molecule has 0 N–H and O–H groups in total. The lowest BCUT2D eigenvalue weighted by molar-refractivity contribution is -0.150. The second-order valence-electron chi connectivity index (χ2n) is 3.93. The number of ketones is 1. The molecule has 0 spiro atoms. The van der Waals surface area contributed by atoms with E-state index in [4.69, 9.17) is 9.47 Å². The van der Waals surface area contributed by atoms with E-state index in [1.807, 2.05) is 13.0 Å². The van der Waals surface area contributed by atoms with Crippen molar-refractivity contribution in [2.75, 3.05) is 0 Å². The summed E-state index contributed by atoms with van der Waals surface area (Å²) in [6, 6.07) is 8.66. The van der Waals surface area contributed by atoms with Gasteiger partial charge in [-0.05, 0) is 30.7 Å². The van der Waals surface area contributed by atoms with Crippen LogP contribution in [0.1, 0.15) is 23.7 Å². The van der Waals surface area contributed by atoms with Crippen molar-refractivity contribution in [1.29, 1.82) is 0 Å². The van der Waals surface area contributed by atoms with Crippen LogP contribution in [0.4, 0.5) is 0 Å². The Hall–Kier alpha value is -1.94. The molecule has 2 atom stereocenters. The predicted octanol–water partition coefficient (Wildman–Crippen LogP) is 2.10. The lowest BCUT2D eigenvalue weighted by atomic mass is 10.1. The minimum Gasteiger partial charge on any atom is -0.428 e. The Balaban J connectivity index is 2.01. The van der Waals surface area contributed by atoms with Crippen LogP contribution in [0, 0.1) is 0 Å². The van der Waals surface area contributed by atoms with E-state index in [2.05, 4.69) is 0 Å². The lowest BCUT2D eigenvalue weighted by Crippen LogP contribution is -2.33. The molecule has 4 heteroatoms. The van der Waals surface area contributed by atoms with Crippen LogP contribution in [0.5, 0.6) is 0 Å². The van der Waals surface area contributed by atoms with Crippen molar-refractivity contribution in [3.63, 3.8) is 0 Å². The maximum absolute atomic E-state index is 11.8. The zero-order valence-corrected chi connectivity index (χ0v) is 10.0. The highest BCUT2D eigenvalue weighted by Gasteiger charge is 2.26. The highest BCUT2D eigenvalue weighted by molar-refractivity contribution is 5.94. The Labute approximate surface area is 105 Å². The first-order valence-electron chi connectivity index (χ1n) is 5.84. The van der Waals surface area contributed by atoms with Gasteiger partial charge in [-0.15, -0.1) is 0 Å². The van der Waals surface area contributed by atoms with Gasteiger partial charge < -0.3 is 9.47 Å². The molecule has 1 aliphatic rings. The molecule has 0 fully saturated rings. The maximum Gasteiger partial charge on any atom is 0.340 e. The first-order valence-corrected chi connectivity index (χ1v) is 5.84. The van der Waals surface area contributed by atoms with Crippen molar-refractivity contribution in [2.45, 2.75) is 25.7 Å². The predicted molar refractivity (Wildman–Crippen MR) is 65.0 cm³/mol. The molecule has 94 valence electrons. The number of hydrogen-bond acceptors (Lipinski definition) is 4. The van der Waals surface area contributed by atoms with Crippen molar-refractivity contribution in [3.05, 3.63) is 48.0 Å². The summed E-state index contributed by atoms with van der Waals surface area (Å²) in [4.78, 5) is 23.1. The van der Waals surface area contributed by atoms with Crippen molar-refractivity contribution in [3.8, 4) is 0 Å². The Morgan fingerprint density at radius 1 is 1.33 bits per heavy atom. The Morgan fingerprint density at radius 3 is 2.72 bits per heavy atom. The molecule has 0 bridgehead atoms. The van der Waals surface area contributed by atoms with E-state index in [9.17, 15) is 9.59 Å². The molecule has 1 aromatic carbocycles. The van der Waals surface area contributed by atoms with Crippen LogP contribution in [0.3, 0.4) is 0 Å². The van der Waals surface area contributed by atoms with E-state index < -0.39 is 18.4 Å². The highest BCUT2D eigenvalue weighted by Crippen LogP contribution is 2.15. The van der Waals surface area contributed by atoms with E-state index in [0.29, 0.717) is 12.0 Å². The van der Waals surface area contributed by atoms with Gasteiger partial charge in [0.2, 0.25) is 6.29 Å². The van der Waals surface area contributed by atoms with Gasteiger partial charge in [0.15, 0.2) is 5.78 Å². The molecule has 1 aliphatic heterocycles.